The van der Waals surface area contributed by atoms with Crippen molar-refractivity contribution in [1.82, 2.24) is 0 Å². The molecule has 3 nitrogen and oxygen atoms in total. The fraction of sp³-hybridized carbons (Fsp3) is 0.364. The van der Waals surface area contributed by atoms with Crippen LogP contribution >= 0.6 is 0 Å². The van der Waals surface area contributed by atoms with Gasteiger partial charge in [0.1, 0.15) is 5.75 Å². The first-order valence-electron chi connectivity index (χ1n) is 4.54. The lowest BCUT2D eigenvalue weighted by molar-refractivity contribution is -0.141. The molecule has 0 bridgehead atoms. The Morgan fingerprint density at radius 3 is 2.00 bits per heavy atom. The number of carbonyl (C=O) groups is 1. The molecule has 0 aliphatic heterocycles. The summed E-state index contributed by atoms with van der Waals surface area (Å²) in [6.45, 7) is 3.56. The number of carboxylic acid groups (broad SMARTS) is 1. The van der Waals surface area contributed by atoms with Gasteiger partial charge in [-0.25, -0.2) is 0 Å². The molecule has 1 unspecified atom stereocenters. The quantitative estimate of drug-likeness (QED) is 0.764. The Morgan fingerprint density at radius 2 is 1.86 bits per heavy atom. The van der Waals surface area contributed by atoms with Crippen molar-refractivity contribution in [2.45, 2.75) is 20.3 Å². The van der Waals surface area contributed by atoms with E-state index in [2.05, 4.69) is 0 Å². The van der Waals surface area contributed by atoms with Crippen LogP contribution in [0.25, 0.3) is 0 Å². The molecule has 0 aliphatic rings. The molecule has 1 rings (SSSR count). The highest BCUT2D eigenvalue weighted by molar-refractivity contribution is 5.69. The first-order valence-corrected chi connectivity index (χ1v) is 4.54. The van der Waals surface area contributed by atoms with Gasteiger partial charge >= 0.3 is 5.97 Å². The maximum absolute atomic E-state index is 9.93. The van der Waals surface area contributed by atoms with E-state index in [9.17, 15) is 4.79 Å². The van der Waals surface area contributed by atoms with Gasteiger partial charge in [-0.15, -0.1) is 0 Å². The second-order valence-corrected chi connectivity index (χ2v) is 2.98. The smallest absolute Gasteiger partial charge is 0.306 e. The van der Waals surface area contributed by atoms with Crippen LogP contribution in [-0.2, 0) is 4.79 Å². The second-order valence-electron chi connectivity index (χ2n) is 2.98. The predicted octanol–water partition coefficient (Wildman–Crippen LogP) is 2.51. The molecule has 0 saturated carbocycles. The van der Waals surface area contributed by atoms with Gasteiger partial charge in [-0.2, -0.15) is 0 Å². The third-order valence-corrected chi connectivity index (χ3v) is 1.79. The zero-order chi connectivity index (χ0) is 11.0. The van der Waals surface area contributed by atoms with Crippen molar-refractivity contribution in [2.75, 3.05) is 0 Å². The molecular weight excluding hydrogens is 180 g/mol. The van der Waals surface area contributed by atoms with E-state index in [1.807, 2.05) is 13.0 Å². The molecule has 3 heteroatoms. The van der Waals surface area contributed by atoms with E-state index in [4.69, 9.17) is 10.2 Å². The van der Waals surface area contributed by atoms with Crippen LogP contribution in [0.1, 0.15) is 20.3 Å². The third-order valence-electron chi connectivity index (χ3n) is 1.79. The minimum atomic E-state index is -0.706. The molecule has 2 N–H and O–H groups in total. The van der Waals surface area contributed by atoms with Gasteiger partial charge in [-0.1, -0.05) is 32.0 Å². The molecule has 1 aromatic carbocycles. The highest BCUT2D eigenvalue weighted by atomic mass is 16.4. The van der Waals surface area contributed by atoms with Gasteiger partial charge in [0.05, 0.1) is 5.92 Å². The van der Waals surface area contributed by atoms with Gasteiger partial charge in [-0.05, 0) is 18.6 Å². The Bertz CT molecular complexity index is 256. The zero-order valence-corrected chi connectivity index (χ0v) is 8.47. The molecule has 0 spiro atoms. The summed E-state index contributed by atoms with van der Waals surface area (Å²) in [6, 6.07) is 8.71. The van der Waals surface area contributed by atoms with E-state index in [1.165, 1.54) is 0 Å². The summed E-state index contributed by atoms with van der Waals surface area (Å²) in [5.74, 6) is -0.565. The predicted molar refractivity (Wildman–Crippen MR) is 55.2 cm³/mol. The Kier molecular flexibility index (Phi) is 6.20. The monoisotopic (exact) mass is 196 g/mol. The minimum Gasteiger partial charge on any atom is -0.508 e. The molecule has 1 atom stereocenters. The van der Waals surface area contributed by atoms with E-state index in [0.29, 0.717) is 5.75 Å². The molecule has 0 amide bonds. The maximum atomic E-state index is 9.93. The number of hydrogen-bond donors (Lipinski definition) is 2. The lowest BCUT2D eigenvalue weighted by Crippen LogP contribution is -2.06. The first kappa shape index (κ1) is 12.5. The highest BCUT2D eigenvalue weighted by Crippen LogP contribution is 2.02. The van der Waals surface area contributed by atoms with Crippen molar-refractivity contribution in [3.05, 3.63) is 30.3 Å². The maximum Gasteiger partial charge on any atom is 0.306 e. The Labute approximate surface area is 84.0 Å². The van der Waals surface area contributed by atoms with E-state index < -0.39 is 5.97 Å². The highest BCUT2D eigenvalue weighted by Gasteiger charge is 2.05. The van der Waals surface area contributed by atoms with Crippen LogP contribution in [0, 0.1) is 5.92 Å². The first-order chi connectivity index (χ1) is 6.57. The van der Waals surface area contributed by atoms with Crippen molar-refractivity contribution in [3.63, 3.8) is 0 Å². The number of para-hydroxylation sites is 1. The van der Waals surface area contributed by atoms with Crippen molar-refractivity contribution in [2.24, 2.45) is 5.92 Å². The summed E-state index contributed by atoms with van der Waals surface area (Å²) < 4.78 is 0. The van der Waals surface area contributed by atoms with E-state index in [-0.39, 0.29) is 5.92 Å². The zero-order valence-electron chi connectivity index (χ0n) is 8.47. The van der Waals surface area contributed by atoms with Crippen molar-refractivity contribution in [3.8, 4) is 5.75 Å². The van der Waals surface area contributed by atoms with Crippen LogP contribution in [0.5, 0.6) is 5.75 Å². The number of benzene rings is 1. The van der Waals surface area contributed by atoms with Crippen LogP contribution in [0.2, 0.25) is 0 Å². The molecule has 0 saturated heterocycles. The Morgan fingerprint density at radius 1 is 1.36 bits per heavy atom. The fourth-order valence-corrected chi connectivity index (χ4v) is 0.603. The summed E-state index contributed by atoms with van der Waals surface area (Å²) in [5.41, 5.74) is 0. The second kappa shape index (κ2) is 6.95. The molecule has 0 aromatic heterocycles. The Hall–Kier alpha value is -1.51. The lowest BCUT2D eigenvalue weighted by Gasteiger charge is -1.96. The Balaban J connectivity index is 0.000000241. The summed E-state index contributed by atoms with van der Waals surface area (Å²) in [6.07, 6.45) is 0.718. The van der Waals surface area contributed by atoms with Gasteiger partial charge < -0.3 is 10.2 Å². The number of phenolic OH excluding ortho intramolecular Hbond substituents is 1. The van der Waals surface area contributed by atoms with Crippen LogP contribution in [0.3, 0.4) is 0 Å². The number of phenols is 1. The van der Waals surface area contributed by atoms with Gasteiger partial charge in [0.15, 0.2) is 0 Å². The van der Waals surface area contributed by atoms with E-state index in [1.54, 1.807) is 31.2 Å². The van der Waals surface area contributed by atoms with Crippen LogP contribution in [0.15, 0.2) is 30.3 Å². The average molecular weight is 196 g/mol. The summed E-state index contributed by atoms with van der Waals surface area (Å²) in [4.78, 5) is 9.93. The number of hydrogen-bond acceptors (Lipinski definition) is 2. The van der Waals surface area contributed by atoms with Crippen molar-refractivity contribution in [1.29, 1.82) is 0 Å². The average Bonchev–Trinajstić information content (AvgIpc) is 2.18. The van der Waals surface area contributed by atoms with Gasteiger partial charge in [0.2, 0.25) is 0 Å². The topological polar surface area (TPSA) is 57.5 Å². The number of carboxylic acids is 1. The molecular formula is C11H16O3. The van der Waals surface area contributed by atoms with Crippen molar-refractivity contribution >= 4 is 5.97 Å². The standard InChI is InChI=1S/C6H6O.C5H10O2/c7-6-4-2-1-3-5-6;1-3-4(2)5(6)7/h1-5,7H;4H,3H2,1-2H3,(H,6,7). The summed E-state index contributed by atoms with van der Waals surface area (Å²) >= 11 is 0. The third kappa shape index (κ3) is 6.06. The molecule has 0 fully saturated rings. The summed E-state index contributed by atoms with van der Waals surface area (Å²) in [7, 11) is 0. The van der Waals surface area contributed by atoms with Crippen LogP contribution in [-0.4, -0.2) is 16.2 Å². The fourth-order valence-electron chi connectivity index (χ4n) is 0.603. The SMILES string of the molecule is CCC(C)C(=O)O.Oc1ccccc1. The molecule has 14 heavy (non-hydrogen) atoms. The minimum absolute atomic E-state index is 0.181. The molecule has 0 heterocycles. The summed E-state index contributed by atoms with van der Waals surface area (Å²) in [5, 5.41) is 16.8. The van der Waals surface area contributed by atoms with E-state index in [0.717, 1.165) is 6.42 Å². The number of rotatable bonds is 2. The van der Waals surface area contributed by atoms with Gasteiger partial charge in [-0.3, -0.25) is 4.79 Å². The van der Waals surface area contributed by atoms with Gasteiger partial charge in [0.25, 0.3) is 0 Å². The molecule has 1 aromatic rings. The van der Waals surface area contributed by atoms with E-state index >= 15 is 0 Å². The van der Waals surface area contributed by atoms with Crippen LogP contribution in [0.4, 0.5) is 0 Å². The van der Waals surface area contributed by atoms with Gasteiger partial charge in [0, 0.05) is 0 Å². The molecule has 0 radical (unpaired) electrons. The lowest BCUT2D eigenvalue weighted by atomic mass is 10.1. The van der Waals surface area contributed by atoms with Crippen molar-refractivity contribution < 1.29 is 15.0 Å². The van der Waals surface area contributed by atoms with Crippen LogP contribution < -0.4 is 0 Å². The largest absolute Gasteiger partial charge is 0.508 e. The molecule has 78 valence electrons. The molecule has 0 aliphatic carbocycles. The number of aromatic hydroxyl groups is 1. The normalized spacial score (nSPS) is 11.0. The number of aliphatic carboxylic acids is 1.